The lowest BCUT2D eigenvalue weighted by molar-refractivity contribution is 0.223. The second-order valence-corrected chi connectivity index (χ2v) is 5.16. The van der Waals surface area contributed by atoms with Crippen LogP contribution in [0.25, 0.3) is 0 Å². The van der Waals surface area contributed by atoms with E-state index in [0.717, 1.165) is 11.0 Å². The van der Waals surface area contributed by atoms with Crippen LogP contribution in [0.2, 0.25) is 0 Å². The molecule has 0 aliphatic rings. The molecule has 0 bridgehead atoms. The summed E-state index contributed by atoms with van der Waals surface area (Å²) in [6, 6.07) is 10.5. The highest BCUT2D eigenvalue weighted by Gasteiger charge is 2.20. The Balaban J connectivity index is 2.89. The third-order valence-electron chi connectivity index (χ3n) is 2.74. The van der Waals surface area contributed by atoms with Gasteiger partial charge in [-0.1, -0.05) is 28.1 Å². The van der Waals surface area contributed by atoms with Gasteiger partial charge in [-0.2, -0.15) is 5.26 Å². The monoisotopic (exact) mass is 295 g/mol. The molecule has 92 valence electrons. The zero-order chi connectivity index (χ0) is 12.8. The standard InChI is InChI=1S/C13H18BrN3/c1-10(16)13(17(2)8-4-7-15)11-5-3-6-12(14)9-11/h3,5-6,9-10,13H,4,8,16H2,1-2H3. The quantitative estimate of drug-likeness (QED) is 0.909. The highest BCUT2D eigenvalue weighted by atomic mass is 79.9. The van der Waals surface area contributed by atoms with E-state index in [9.17, 15) is 0 Å². The molecule has 2 atom stereocenters. The zero-order valence-corrected chi connectivity index (χ0v) is 11.8. The Kier molecular flexibility index (Phi) is 5.63. The molecule has 17 heavy (non-hydrogen) atoms. The van der Waals surface area contributed by atoms with E-state index in [-0.39, 0.29) is 12.1 Å². The number of rotatable bonds is 5. The first-order valence-electron chi connectivity index (χ1n) is 5.64. The first-order valence-corrected chi connectivity index (χ1v) is 6.43. The van der Waals surface area contributed by atoms with Gasteiger partial charge < -0.3 is 5.73 Å². The van der Waals surface area contributed by atoms with Gasteiger partial charge in [-0.3, -0.25) is 4.90 Å². The van der Waals surface area contributed by atoms with Gasteiger partial charge in [0.15, 0.2) is 0 Å². The SMILES string of the molecule is CC(N)C(c1cccc(Br)c1)N(C)CCC#N. The molecule has 0 amide bonds. The van der Waals surface area contributed by atoms with E-state index >= 15 is 0 Å². The van der Waals surface area contributed by atoms with Crippen molar-refractivity contribution in [3.05, 3.63) is 34.3 Å². The average Bonchev–Trinajstić information content (AvgIpc) is 2.26. The molecule has 1 rings (SSSR count). The van der Waals surface area contributed by atoms with Crippen LogP contribution in [0.5, 0.6) is 0 Å². The van der Waals surface area contributed by atoms with Crippen molar-refractivity contribution in [1.82, 2.24) is 4.90 Å². The van der Waals surface area contributed by atoms with Crippen LogP contribution >= 0.6 is 15.9 Å². The molecule has 0 fully saturated rings. The summed E-state index contributed by atoms with van der Waals surface area (Å²) in [6.45, 7) is 2.73. The maximum atomic E-state index is 8.63. The molecule has 0 saturated carbocycles. The van der Waals surface area contributed by atoms with E-state index in [4.69, 9.17) is 11.0 Å². The van der Waals surface area contributed by atoms with E-state index in [1.807, 2.05) is 26.1 Å². The predicted molar refractivity (Wildman–Crippen MR) is 73.4 cm³/mol. The van der Waals surface area contributed by atoms with Gasteiger partial charge in [0.05, 0.1) is 6.07 Å². The van der Waals surface area contributed by atoms with E-state index in [1.54, 1.807) is 0 Å². The molecule has 1 aromatic rings. The molecular formula is C13H18BrN3. The molecule has 0 heterocycles. The fraction of sp³-hybridized carbons (Fsp3) is 0.462. The Hall–Kier alpha value is -0.890. The molecular weight excluding hydrogens is 278 g/mol. The summed E-state index contributed by atoms with van der Waals surface area (Å²) < 4.78 is 1.05. The molecule has 0 aromatic heterocycles. The smallest absolute Gasteiger partial charge is 0.0635 e. The Labute approximate surface area is 111 Å². The first-order chi connectivity index (χ1) is 8.06. The normalized spacial score (nSPS) is 14.4. The van der Waals surface area contributed by atoms with Crippen LogP contribution in [0.1, 0.15) is 24.9 Å². The minimum Gasteiger partial charge on any atom is -0.326 e. The van der Waals surface area contributed by atoms with Crippen LogP contribution in [-0.4, -0.2) is 24.5 Å². The number of benzene rings is 1. The lowest BCUT2D eigenvalue weighted by atomic mass is 9.99. The number of hydrogen-bond acceptors (Lipinski definition) is 3. The van der Waals surface area contributed by atoms with Crippen molar-refractivity contribution in [2.45, 2.75) is 25.4 Å². The summed E-state index contributed by atoms with van der Waals surface area (Å²) in [7, 11) is 2.01. The number of nitrogens with zero attached hydrogens (tertiary/aromatic N) is 2. The van der Waals surface area contributed by atoms with Gasteiger partial charge in [0.25, 0.3) is 0 Å². The van der Waals surface area contributed by atoms with E-state index in [0.29, 0.717) is 6.42 Å². The van der Waals surface area contributed by atoms with Gasteiger partial charge in [0, 0.05) is 29.5 Å². The van der Waals surface area contributed by atoms with Gasteiger partial charge in [-0.25, -0.2) is 0 Å². The number of halogens is 1. The molecule has 0 saturated heterocycles. The molecule has 4 heteroatoms. The third kappa shape index (κ3) is 4.12. The molecule has 0 aliphatic carbocycles. The van der Waals surface area contributed by atoms with Crippen molar-refractivity contribution >= 4 is 15.9 Å². The van der Waals surface area contributed by atoms with Crippen LogP contribution < -0.4 is 5.73 Å². The van der Waals surface area contributed by atoms with Gasteiger partial charge in [0.1, 0.15) is 0 Å². The van der Waals surface area contributed by atoms with Crippen molar-refractivity contribution in [3.8, 4) is 6.07 Å². The summed E-state index contributed by atoms with van der Waals surface area (Å²) in [4.78, 5) is 2.13. The van der Waals surface area contributed by atoms with Gasteiger partial charge in [-0.05, 0) is 31.7 Å². The minimum absolute atomic E-state index is 0.0213. The second kappa shape index (κ2) is 6.75. The zero-order valence-electron chi connectivity index (χ0n) is 10.2. The topological polar surface area (TPSA) is 53.0 Å². The highest BCUT2D eigenvalue weighted by molar-refractivity contribution is 9.10. The molecule has 0 radical (unpaired) electrons. The van der Waals surface area contributed by atoms with Gasteiger partial charge >= 0.3 is 0 Å². The molecule has 0 spiro atoms. The lowest BCUT2D eigenvalue weighted by Crippen LogP contribution is -2.37. The fourth-order valence-corrected chi connectivity index (χ4v) is 2.43. The van der Waals surface area contributed by atoms with Crippen molar-refractivity contribution in [3.63, 3.8) is 0 Å². The van der Waals surface area contributed by atoms with Gasteiger partial charge in [0.2, 0.25) is 0 Å². The molecule has 0 aliphatic heterocycles. The largest absolute Gasteiger partial charge is 0.326 e. The van der Waals surface area contributed by atoms with Crippen molar-refractivity contribution in [2.24, 2.45) is 5.73 Å². The molecule has 3 nitrogen and oxygen atoms in total. The molecule has 2 unspecified atom stereocenters. The van der Waals surface area contributed by atoms with Crippen LogP contribution in [0.3, 0.4) is 0 Å². The minimum atomic E-state index is 0.0213. The summed E-state index contributed by atoms with van der Waals surface area (Å²) in [5, 5.41) is 8.63. The van der Waals surface area contributed by atoms with Crippen LogP contribution in [0.15, 0.2) is 28.7 Å². The van der Waals surface area contributed by atoms with Crippen LogP contribution in [0, 0.1) is 11.3 Å². The number of nitrogens with two attached hydrogens (primary N) is 1. The highest BCUT2D eigenvalue weighted by Crippen LogP contribution is 2.24. The Morgan fingerprint density at radius 3 is 2.76 bits per heavy atom. The predicted octanol–water partition coefficient (Wildman–Crippen LogP) is 2.68. The first kappa shape index (κ1) is 14.2. The average molecular weight is 296 g/mol. The summed E-state index contributed by atoms with van der Waals surface area (Å²) in [5.74, 6) is 0. The van der Waals surface area contributed by atoms with Crippen molar-refractivity contribution in [2.75, 3.05) is 13.6 Å². The number of likely N-dealkylation sites (N-methyl/N-ethyl adjacent to an activating group) is 1. The molecule has 2 N–H and O–H groups in total. The fourth-order valence-electron chi connectivity index (χ4n) is 2.02. The maximum absolute atomic E-state index is 8.63. The molecule has 1 aromatic carbocycles. The van der Waals surface area contributed by atoms with E-state index in [1.165, 1.54) is 5.56 Å². The van der Waals surface area contributed by atoms with E-state index < -0.39 is 0 Å². The van der Waals surface area contributed by atoms with Crippen LogP contribution in [-0.2, 0) is 0 Å². The Bertz CT molecular complexity index is 398. The Morgan fingerprint density at radius 1 is 1.53 bits per heavy atom. The Morgan fingerprint density at radius 2 is 2.24 bits per heavy atom. The number of nitriles is 1. The number of hydrogen-bond donors (Lipinski definition) is 1. The summed E-state index contributed by atoms with van der Waals surface area (Å²) in [6.07, 6.45) is 0.522. The summed E-state index contributed by atoms with van der Waals surface area (Å²) >= 11 is 3.47. The third-order valence-corrected chi connectivity index (χ3v) is 3.23. The van der Waals surface area contributed by atoms with E-state index in [2.05, 4.69) is 39.0 Å². The summed E-state index contributed by atoms with van der Waals surface area (Å²) in [5.41, 5.74) is 7.23. The van der Waals surface area contributed by atoms with Gasteiger partial charge in [-0.15, -0.1) is 0 Å². The van der Waals surface area contributed by atoms with Crippen molar-refractivity contribution < 1.29 is 0 Å². The maximum Gasteiger partial charge on any atom is 0.0635 e. The van der Waals surface area contributed by atoms with Crippen LogP contribution in [0.4, 0.5) is 0 Å². The van der Waals surface area contributed by atoms with Crippen molar-refractivity contribution in [1.29, 1.82) is 5.26 Å². The lowest BCUT2D eigenvalue weighted by Gasteiger charge is -2.31. The second-order valence-electron chi connectivity index (χ2n) is 4.25.